The van der Waals surface area contributed by atoms with Crippen molar-refractivity contribution in [3.8, 4) is 10.6 Å². The van der Waals surface area contributed by atoms with E-state index in [1.165, 1.54) is 10.4 Å². The van der Waals surface area contributed by atoms with E-state index < -0.39 is 0 Å². The zero-order valence-electron chi connectivity index (χ0n) is 8.90. The molecule has 0 bridgehead atoms. The molecule has 78 valence electrons. The summed E-state index contributed by atoms with van der Waals surface area (Å²) in [5, 5.41) is 4.31. The quantitative estimate of drug-likeness (QED) is 0.856. The minimum atomic E-state index is 0.375. The highest BCUT2D eigenvalue weighted by Crippen LogP contribution is 2.28. The van der Waals surface area contributed by atoms with Crippen LogP contribution in [0.4, 0.5) is 0 Å². The molecule has 1 N–H and O–H groups in total. The predicted octanol–water partition coefficient (Wildman–Crippen LogP) is 3.09. The first kappa shape index (κ1) is 10.3. The van der Waals surface area contributed by atoms with E-state index in [2.05, 4.69) is 29.4 Å². The fourth-order valence-electron chi connectivity index (χ4n) is 1.34. The third-order valence-corrected chi connectivity index (χ3v) is 3.63. The first-order valence-electron chi connectivity index (χ1n) is 4.99. The topological polar surface area (TPSA) is 24.9 Å². The number of nitrogens with zero attached hydrogens (tertiary/aromatic N) is 1. The predicted molar refractivity (Wildman–Crippen MR) is 65.0 cm³/mol. The molecule has 1 heterocycles. The maximum Gasteiger partial charge on any atom is 0.123 e. The van der Waals surface area contributed by atoms with Gasteiger partial charge in [-0.3, -0.25) is 0 Å². The lowest BCUT2D eigenvalue weighted by atomic mass is 10.2. The van der Waals surface area contributed by atoms with Gasteiger partial charge in [0.2, 0.25) is 0 Å². The molecule has 0 fully saturated rings. The molecule has 0 spiro atoms. The number of benzene rings is 1. The Balaban J connectivity index is 2.28. The van der Waals surface area contributed by atoms with Gasteiger partial charge in [-0.1, -0.05) is 30.3 Å². The van der Waals surface area contributed by atoms with Crippen molar-refractivity contribution in [2.45, 2.75) is 13.0 Å². The van der Waals surface area contributed by atoms with Crippen molar-refractivity contribution in [2.24, 2.45) is 0 Å². The third kappa shape index (κ3) is 2.25. The highest BCUT2D eigenvalue weighted by molar-refractivity contribution is 7.15. The molecule has 0 aliphatic carbocycles. The molecule has 0 radical (unpaired) electrons. The van der Waals surface area contributed by atoms with Gasteiger partial charge < -0.3 is 5.32 Å². The van der Waals surface area contributed by atoms with Crippen LogP contribution < -0.4 is 5.32 Å². The first-order valence-corrected chi connectivity index (χ1v) is 5.81. The number of thiazole rings is 1. The number of hydrogen-bond donors (Lipinski definition) is 1. The van der Waals surface area contributed by atoms with Gasteiger partial charge in [-0.15, -0.1) is 11.3 Å². The average Bonchev–Trinajstić information content (AvgIpc) is 2.78. The monoisotopic (exact) mass is 218 g/mol. The molecule has 0 aliphatic heterocycles. The number of hydrogen-bond acceptors (Lipinski definition) is 3. The minimum Gasteiger partial charge on any atom is -0.312 e. The molecule has 2 aromatic rings. The van der Waals surface area contributed by atoms with Crippen molar-refractivity contribution in [1.82, 2.24) is 10.3 Å². The van der Waals surface area contributed by atoms with Crippen LogP contribution in [0.15, 0.2) is 36.5 Å². The molecule has 0 aliphatic rings. The molecule has 1 unspecified atom stereocenters. The van der Waals surface area contributed by atoms with Crippen molar-refractivity contribution in [2.75, 3.05) is 7.05 Å². The van der Waals surface area contributed by atoms with Gasteiger partial charge in [0.05, 0.1) is 0 Å². The fourth-order valence-corrected chi connectivity index (χ4v) is 2.33. The summed E-state index contributed by atoms with van der Waals surface area (Å²) in [6, 6.07) is 10.7. The molecule has 3 heteroatoms. The lowest BCUT2D eigenvalue weighted by molar-refractivity contribution is 0.662. The van der Waals surface area contributed by atoms with Crippen LogP contribution in [0.5, 0.6) is 0 Å². The summed E-state index contributed by atoms with van der Waals surface area (Å²) in [5.74, 6) is 0. The summed E-state index contributed by atoms with van der Waals surface area (Å²) < 4.78 is 0. The van der Waals surface area contributed by atoms with E-state index in [0.29, 0.717) is 6.04 Å². The summed E-state index contributed by atoms with van der Waals surface area (Å²) in [6.45, 7) is 2.14. The van der Waals surface area contributed by atoms with Crippen LogP contribution in [-0.4, -0.2) is 12.0 Å². The highest BCUT2D eigenvalue weighted by atomic mass is 32.1. The van der Waals surface area contributed by atoms with Gasteiger partial charge in [-0.25, -0.2) is 4.98 Å². The van der Waals surface area contributed by atoms with Gasteiger partial charge in [-0.05, 0) is 14.0 Å². The Morgan fingerprint density at radius 1 is 1.27 bits per heavy atom. The maximum atomic E-state index is 4.43. The second-order valence-electron chi connectivity index (χ2n) is 3.44. The second-order valence-corrected chi connectivity index (χ2v) is 4.51. The molecule has 0 amide bonds. The molecule has 1 aromatic carbocycles. The van der Waals surface area contributed by atoms with E-state index in [4.69, 9.17) is 0 Å². The van der Waals surface area contributed by atoms with Crippen molar-refractivity contribution < 1.29 is 0 Å². The molecular formula is C12H14N2S. The molecule has 1 aromatic heterocycles. The fraction of sp³-hybridized carbons (Fsp3) is 0.250. The summed E-state index contributed by atoms with van der Waals surface area (Å²) in [6.07, 6.45) is 1.95. The van der Waals surface area contributed by atoms with Crippen LogP contribution in [0.1, 0.15) is 17.8 Å². The molecule has 0 saturated carbocycles. The molecule has 1 atom stereocenters. The maximum absolute atomic E-state index is 4.43. The molecule has 0 saturated heterocycles. The lowest BCUT2D eigenvalue weighted by Gasteiger charge is -2.04. The zero-order valence-corrected chi connectivity index (χ0v) is 9.71. The summed E-state index contributed by atoms with van der Waals surface area (Å²) in [5.41, 5.74) is 1.19. The summed E-state index contributed by atoms with van der Waals surface area (Å²) in [7, 11) is 1.96. The van der Waals surface area contributed by atoms with Crippen LogP contribution in [0.25, 0.3) is 10.6 Å². The van der Waals surface area contributed by atoms with E-state index >= 15 is 0 Å². The third-order valence-electron chi connectivity index (χ3n) is 2.40. The normalized spacial score (nSPS) is 12.7. The number of aromatic nitrogens is 1. The summed E-state index contributed by atoms with van der Waals surface area (Å²) in [4.78, 5) is 5.71. The lowest BCUT2D eigenvalue weighted by Crippen LogP contribution is -2.10. The largest absolute Gasteiger partial charge is 0.312 e. The van der Waals surface area contributed by atoms with E-state index in [0.717, 1.165) is 5.01 Å². The van der Waals surface area contributed by atoms with E-state index in [1.807, 2.05) is 31.4 Å². The van der Waals surface area contributed by atoms with Crippen molar-refractivity contribution >= 4 is 11.3 Å². The molecule has 15 heavy (non-hydrogen) atoms. The molecule has 2 rings (SSSR count). The zero-order chi connectivity index (χ0) is 10.7. The number of nitrogens with one attached hydrogen (secondary N) is 1. The van der Waals surface area contributed by atoms with Crippen molar-refractivity contribution in [3.05, 3.63) is 41.4 Å². The SMILES string of the molecule is CNC(C)c1cnc(-c2ccccc2)s1. The standard InChI is InChI=1S/C12H14N2S/c1-9(13-2)11-8-14-12(15-11)10-6-4-3-5-7-10/h3-9,13H,1-2H3. The van der Waals surface area contributed by atoms with Gasteiger partial charge in [0.15, 0.2) is 0 Å². The summed E-state index contributed by atoms with van der Waals surface area (Å²) >= 11 is 1.75. The van der Waals surface area contributed by atoms with Crippen LogP contribution >= 0.6 is 11.3 Å². The van der Waals surface area contributed by atoms with E-state index in [9.17, 15) is 0 Å². The average molecular weight is 218 g/mol. The van der Waals surface area contributed by atoms with Crippen molar-refractivity contribution in [3.63, 3.8) is 0 Å². The van der Waals surface area contributed by atoms with E-state index in [1.54, 1.807) is 11.3 Å². The van der Waals surface area contributed by atoms with Gasteiger partial charge in [0.25, 0.3) is 0 Å². The van der Waals surface area contributed by atoms with Crippen LogP contribution in [0, 0.1) is 0 Å². The Morgan fingerprint density at radius 2 is 2.00 bits per heavy atom. The minimum absolute atomic E-state index is 0.375. The second kappa shape index (κ2) is 4.55. The Kier molecular flexibility index (Phi) is 3.14. The Hall–Kier alpha value is -1.19. The Morgan fingerprint density at radius 3 is 2.67 bits per heavy atom. The van der Waals surface area contributed by atoms with Gasteiger partial charge in [-0.2, -0.15) is 0 Å². The Labute approximate surface area is 94.0 Å². The smallest absolute Gasteiger partial charge is 0.123 e. The highest BCUT2D eigenvalue weighted by Gasteiger charge is 2.08. The van der Waals surface area contributed by atoms with Crippen LogP contribution in [0.3, 0.4) is 0 Å². The van der Waals surface area contributed by atoms with Gasteiger partial charge in [0.1, 0.15) is 5.01 Å². The number of rotatable bonds is 3. The van der Waals surface area contributed by atoms with Gasteiger partial charge in [0, 0.05) is 22.7 Å². The van der Waals surface area contributed by atoms with Crippen LogP contribution in [0.2, 0.25) is 0 Å². The van der Waals surface area contributed by atoms with E-state index in [-0.39, 0.29) is 0 Å². The first-order chi connectivity index (χ1) is 7.31. The van der Waals surface area contributed by atoms with Gasteiger partial charge >= 0.3 is 0 Å². The molecule has 2 nitrogen and oxygen atoms in total. The van der Waals surface area contributed by atoms with Crippen LogP contribution in [-0.2, 0) is 0 Å². The molecular weight excluding hydrogens is 204 g/mol. The Bertz CT molecular complexity index is 422. The van der Waals surface area contributed by atoms with Crippen molar-refractivity contribution in [1.29, 1.82) is 0 Å².